The van der Waals surface area contributed by atoms with Gasteiger partial charge in [0.15, 0.2) is 11.1 Å². The summed E-state index contributed by atoms with van der Waals surface area (Å²) in [5.41, 5.74) is 0.750. The molecular weight excluding hydrogens is 248 g/mol. The number of hydrogen-bond acceptors (Lipinski definition) is 6. The first kappa shape index (κ1) is 11.9. The van der Waals surface area contributed by atoms with Crippen molar-refractivity contribution in [2.24, 2.45) is 0 Å². The van der Waals surface area contributed by atoms with Crippen molar-refractivity contribution >= 4 is 22.8 Å². The highest BCUT2D eigenvalue weighted by Crippen LogP contribution is 2.29. The number of hydrogen-bond donors (Lipinski definition) is 1. The Morgan fingerprint density at radius 2 is 2.42 bits per heavy atom. The van der Waals surface area contributed by atoms with Crippen molar-refractivity contribution in [1.82, 2.24) is 10.3 Å². The Hall–Kier alpha value is -2.15. The van der Waals surface area contributed by atoms with Crippen molar-refractivity contribution in [2.75, 3.05) is 24.5 Å². The van der Waals surface area contributed by atoms with Crippen LogP contribution in [0.2, 0.25) is 0 Å². The maximum Gasteiger partial charge on any atom is 0.298 e. The number of nitrogens with zero attached hydrogens (tertiary/aromatic N) is 3. The summed E-state index contributed by atoms with van der Waals surface area (Å²) in [6.07, 6.45) is 0. The van der Waals surface area contributed by atoms with Crippen molar-refractivity contribution in [2.45, 2.75) is 13.0 Å². The molecule has 2 heterocycles. The third-order valence-corrected chi connectivity index (χ3v) is 3.22. The summed E-state index contributed by atoms with van der Waals surface area (Å²) < 4.78 is 5.63. The van der Waals surface area contributed by atoms with Crippen LogP contribution < -0.4 is 10.2 Å². The molecule has 1 aromatic heterocycles. The highest BCUT2D eigenvalue weighted by molar-refractivity contribution is 5.84. The zero-order chi connectivity index (χ0) is 13.4. The van der Waals surface area contributed by atoms with Gasteiger partial charge in [-0.25, -0.2) is 0 Å². The number of non-ortho nitro benzene ring substituents is 1. The lowest BCUT2D eigenvalue weighted by Gasteiger charge is -2.30. The molecule has 1 atom stereocenters. The number of benzene rings is 1. The van der Waals surface area contributed by atoms with Crippen LogP contribution >= 0.6 is 0 Å². The molecule has 0 amide bonds. The smallest absolute Gasteiger partial charge is 0.298 e. The monoisotopic (exact) mass is 262 g/mol. The van der Waals surface area contributed by atoms with E-state index in [1.54, 1.807) is 12.1 Å². The summed E-state index contributed by atoms with van der Waals surface area (Å²) in [4.78, 5) is 16.8. The molecule has 0 saturated carbocycles. The summed E-state index contributed by atoms with van der Waals surface area (Å²) in [5.74, 6) is 0. The Balaban J connectivity index is 2.01. The van der Waals surface area contributed by atoms with E-state index in [4.69, 9.17) is 4.42 Å². The van der Waals surface area contributed by atoms with Crippen LogP contribution in [-0.2, 0) is 0 Å². The van der Waals surface area contributed by atoms with Gasteiger partial charge in [0.2, 0.25) is 0 Å². The van der Waals surface area contributed by atoms with Gasteiger partial charge in [-0.1, -0.05) is 6.07 Å². The fourth-order valence-electron chi connectivity index (χ4n) is 2.31. The molecule has 7 heteroatoms. The van der Waals surface area contributed by atoms with E-state index in [1.165, 1.54) is 6.07 Å². The summed E-state index contributed by atoms with van der Waals surface area (Å²) in [6.45, 7) is 4.49. The molecule has 1 fully saturated rings. The molecule has 0 aliphatic carbocycles. The topological polar surface area (TPSA) is 84.4 Å². The Morgan fingerprint density at radius 1 is 1.58 bits per heavy atom. The van der Waals surface area contributed by atoms with Gasteiger partial charge in [0, 0.05) is 31.7 Å². The van der Waals surface area contributed by atoms with Crippen LogP contribution in [0.5, 0.6) is 0 Å². The number of aromatic nitrogens is 1. The Kier molecular flexibility index (Phi) is 2.83. The van der Waals surface area contributed by atoms with Gasteiger partial charge >= 0.3 is 0 Å². The molecule has 1 saturated heterocycles. The first-order valence-corrected chi connectivity index (χ1v) is 6.17. The third kappa shape index (κ3) is 2.12. The largest absolute Gasteiger partial charge is 0.423 e. The van der Waals surface area contributed by atoms with Gasteiger partial charge in [-0.15, -0.1) is 0 Å². The highest BCUT2D eigenvalue weighted by Gasteiger charge is 2.23. The van der Waals surface area contributed by atoms with E-state index in [2.05, 4.69) is 17.2 Å². The van der Waals surface area contributed by atoms with Crippen LogP contribution in [0, 0.1) is 10.1 Å². The molecule has 0 radical (unpaired) electrons. The minimum atomic E-state index is -0.435. The SMILES string of the molecule is C[C@@H]1CN(c2nc3c([N+](=O)[O-])cccc3o2)CCN1. The van der Waals surface area contributed by atoms with Crippen molar-refractivity contribution < 1.29 is 9.34 Å². The predicted molar refractivity (Wildman–Crippen MR) is 70.3 cm³/mol. The number of para-hydroxylation sites is 1. The molecule has 19 heavy (non-hydrogen) atoms. The molecule has 1 aliphatic rings. The molecule has 100 valence electrons. The normalized spacial score (nSPS) is 19.8. The fraction of sp³-hybridized carbons (Fsp3) is 0.417. The van der Waals surface area contributed by atoms with E-state index in [1.807, 2.05) is 4.90 Å². The van der Waals surface area contributed by atoms with Gasteiger partial charge in [0.25, 0.3) is 11.7 Å². The summed E-state index contributed by atoms with van der Waals surface area (Å²) in [5, 5.41) is 14.3. The molecule has 7 nitrogen and oxygen atoms in total. The number of piperazine rings is 1. The van der Waals surface area contributed by atoms with Crippen molar-refractivity contribution in [1.29, 1.82) is 0 Å². The van der Waals surface area contributed by atoms with Crippen LogP contribution in [-0.4, -0.2) is 35.6 Å². The van der Waals surface area contributed by atoms with Crippen molar-refractivity contribution in [3.8, 4) is 0 Å². The number of anilines is 1. The quantitative estimate of drug-likeness (QED) is 0.652. The van der Waals surface area contributed by atoms with Gasteiger partial charge in [-0.2, -0.15) is 4.98 Å². The standard InChI is InChI=1S/C12H14N4O3/c1-8-7-15(6-5-13-8)12-14-11-9(16(17)18)3-2-4-10(11)19-12/h2-4,8,13H,5-7H2,1H3/t8-/m1/s1. The summed E-state index contributed by atoms with van der Waals surface area (Å²) in [6, 6.07) is 5.55. The van der Waals surface area contributed by atoms with E-state index in [-0.39, 0.29) is 5.69 Å². The lowest BCUT2D eigenvalue weighted by atomic mass is 10.2. The minimum absolute atomic E-state index is 0.0179. The number of nitro benzene ring substituents is 1. The number of nitrogens with one attached hydrogen (secondary N) is 1. The number of nitro groups is 1. The van der Waals surface area contributed by atoms with E-state index in [0.29, 0.717) is 23.2 Å². The maximum absolute atomic E-state index is 11.0. The minimum Gasteiger partial charge on any atom is -0.423 e. The Morgan fingerprint density at radius 3 is 3.16 bits per heavy atom. The van der Waals surface area contributed by atoms with Crippen LogP contribution in [0.4, 0.5) is 11.7 Å². The van der Waals surface area contributed by atoms with Crippen LogP contribution in [0.25, 0.3) is 11.1 Å². The Labute approximate surface area is 109 Å². The van der Waals surface area contributed by atoms with Crippen LogP contribution in [0.1, 0.15) is 6.92 Å². The van der Waals surface area contributed by atoms with E-state index < -0.39 is 4.92 Å². The first-order valence-electron chi connectivity index (χ1n) is 6.17. The molecule has 2 aromatic rings. The van der Waals surface area contributed by atoms with Gasteiger partial charge in [-0.05, 0) is 13.0 Å². The molecule has 1 aromatic carbocycles. The van der Waals surface area contributed by atoms with E-state index in [9.17, 15) is 10.1 Å². The van der Waals surface area contributed by atoms with Crippen molar-refractivity contribution in [3.63, 3.8) is 0 Å². The number of rotatable bonds is 2. The van der Waals surface area contributed by atoms with E-state index in [0.717, 1.165) is 19.6 Å². The molecule has 1 aliphatic heterocycles. The second kappa shape index (κ2) is 4.51. The summed E-state index contributed by atoms with van der Waals surface area (Å²) in [7, 11) is 0. The zero-order valence-electron chi connectivity index (χ0n) is 10.5. The maximum atomic E-state index is 11.0. The average molecular weight is 262 g/mol. The third-order valence-electron chi connectivity index (χ3n) is 3.22. The number of oxazole rings is 1. The van der Waals surface area contributed by atoms with Crippen LogP contribution in [0.3, 0.4) is 0 Å². The van der Waals surface area contributed by atoms with Crippen LogP contribution in [0.15, 0.2) is 22.6 Å². The second-order valence-corrected chi connectivity index (χ2v) is 4.68. The Bertz CT molecular complexity index is 624. The lowest BCUT2D eigenvalue weighted by Crippen LogP contribution is -2.49. The highest BCUT2D eigenvalue weighted by atomic mass is 16.6. The summed E-state index contributed by atoms with van der Waals surface area (Å²) >= 11 is 0. The molecular formula is C12H14N4O3. The zero-order valence-corrected chi connectivity index (χ0v) is 10.5. The molecule has 1 N–H and O–H groups in total. The van der Waals surface area contributed by atoms with Gasteiger partial charge in [0.1, 0.15) is 0 Å². The molecule has 0 bridgehead atoms. The van der Waals surface area contributed by atoms with E-state index >= 15 is 0 Å². The fourth-order valence-corrected chi connectivity index (χ4v) is 2.31. The van der Waals surface area contributed by atoms with Gasteiger partial charge in [-0.3, -0.25) is 10.1 Å². The second-order valence-electron chi connectivity index (χ2n) is 4.68. The molecule has 0 spiro atoms. The van der Waals surface area contributed by atoms with Crippen molar-refractivity contribution in [3.05, 3.63) is 28.3 Å². The first-order chi connectivity index (χ1) is 9.15. The molecule has 3 rings (SSSR count). The van der Waals surface area contributed by atoms with Gasteiger partial charge in [0.05, 0.1) is 4.92 Å². The van der Waals surface area contributed by atoms with Gasteiger partial charge < -0.3 is 14.6 Å². The number of fused-ring (bicyclic) bond motifs is 1. The predicted octanol–water partition coefficient (Wildman–Crippen LogP) is 1.53. The molecule has 0 unspecified atom stereocenters. The lowest BCUT2D eigenvalue weighted by molar-refractivity contribution is -0.383. The average Bonchev–Trinajstić information content (AvgIpc) is 2.82.